The topological polar surface area (TPSA) is 29.1 Å². The third kappa shape index (κ3) is 4.81. The van der Waals surface area contributed by atoms with Crippen LogP contribution in [0.4, 0.5) is 0 Å². The fraction of sp³-hybridized carbons (Fsp3) is 0.533. The van der Waals surface area contributed by atoms with Gasteiger partial charge in [0.05, 0.1) is 0 Å². The minimum atomic E-state index is 0.00334. The Kier molecular flexibility index (Phi) is 5.39. The third-order valence-corrected chi connectivity index (χ3v) is 3.30. The number of rotatable bonds is 4. The lowest BCUT2D eigenvalue weighted by molar-refractivity contribution is 0.0953. The van der Waals surface area contributed by atoms with Crippen LogP contribution in [-0.4, -0.2) is 17.3 Å². The molecule has 0 aromatic heterocycles. The van der Waals surface area contributed by atoms with E-state index in [4.69, 9.17) is 0 Å². The van der Waals surface area contributed by atoms with Gasteiger partial charge in [0, 0.05) is 16.9 Å². The Morgan fingerprint density at radius 1 is 1.28 bits per heavy atom. The summed E-state index contributed by atoms with van der Waals surface area (Å²) in [5, 5.41) is 2.92. The molecule has 0 bridgehead atoms. The van der Waals surface area contributed by atoms with E-state index < -0.39 is 0 Å². The molecule has 1 rings (SSSR count). The van der Waals surface area contributed by atoms with Crippen LogP contribution in [0, 0.1) is 0 Å². The number of benzene rings is 1. The molecule has 0 heterocycles. The van der Waals surface area contributed by atoms with Crippen molar-refractivity contribution >= 4 is 21.8 Å². The van der Waals surface area contributed by atoms with E-state index >= 15 is 0 Å². The van der Waals surface area contributed by atoms with E-state index in [0.717, 1.165) is 12.0 Å². The number of carbonyl (C=O) groups excluding carboxylic acids is 1. The number of amides is 1. The van der Waals surface area contributed by atoms with Crippen molar-refractivity contribution in [2.75, 3.05) is 6.54 Å². The molecular formula is C15H22BrNO. The van der Waals surface area contributed by atoms with Crippen molar-refractivity contribution in [1.29, 1.82) is 0 Å². The van der Waals surface area contributed by atoms with Crippen LogP contribution in [-0.2, 0) is 5.41 Å². The SMILES string of the molecule is CC(Br)CCNC(=O)c1ccc(C(C)(C)C)cc1. The van der Waals surface area contributed by atoms with Crippen LogP contribution >= 0.6 is 15.9 Å². The molecule has 0 spiro atoms. The standard InChI is InChI=1S/C15H22BrNO/c1-11(16)9-10-17-14(18)12-5-7-13(8-6-12)15(2,3)4/h5-8,11H,9-10H2,1-4H3,(H,17,18). The third-order valence-electron chi connectivity index (χ3n) is 2.84. The Balaban J connectivity index is 2.60. The average Bonchev–Trinajstić information content (AvgIpc) is 2.27. The van der Waals surface area contributed by atoms with Gasteiger partial charge in [-0.25, -0.2) is 0 Å². The Bertz CT molecular complexity index is 390. The van der Waals surface area contributed by atoms with Gasteiger partial charge in [-0.05, 0) is 29.5 Å². The zero-order chi connectivity index (χ0) is 13.8. The van der Waals surface area contributed by atoms with Gasteiger partial charge < -0.3 is 5.32 Å². The summed E-state index contributed by atoms with van der Waals surface area (Å²) in [6.07, 6.45) is 0.936. The molecule has 18 heavy (non-hydrogen) atoms. The van der Waals surface area contributed by atoms with Gasteiger partial charge in [0.2, 0.25) is 0 Å². The van der Waals surface area contributed by atoms with Crippen molar-refractivity contribution in [3.8, 4) is 0 Å². The Morgan fingerprint density at radius 3 is 2.28 bits per heavy atom. The largest absolute Gasteiger partial charge is 0.352 e. The second-order valence-corrected chi connectivity index (χ2v) is 7.22. The van der Waals surface area contributed by atoms with Crippen molar-refractivity contribution in [2.45, 2.75) is 44.4 Å². The summed E-state index contributed by atoms with van der Waals surface area (Å²) in [5.74, 6) is 0.00334. The second kappa shape index (κ2) is 6.37. The molecule has 1 aromatic carbocycles. The van der Waals surface area contributed by atoms with E-state index in [9.17, 15) is 4.79 Å². The van der Waals surface area contributed by atoms with Crippen LogP contribution in [0.2, 0.25) is 0 Å². The Labute approximate surface area is 118 Å². The van der Waals surface area contributed by atoms with Crippen LogP contribution in [0.15, 0.2) is 24.3 Å². The molecule has 3 heteroatoms. The number of halogens is 1. The Morgan fingerprint density at radius 2 is 1.83 bits per heavy atom. The van der Waals surface area contributed by atoms with Gasteiger partial charge in [-0.3, -0.25) is 4.79 Å². The lowest BCUT2D eigenvalue weighted by Gasteiger charge is -2.19. The molecule has 1 amide bonds. The van der Waals surface area contributed by atoms with Crippen molar-refractivity contribution in [1.82, 2.24) is 5.32 Å². The first-order valence-electron chi connectivity index (χ1n) is 6.33. The van der Waals surface area contributed by atoms with E-state index in [0.29, 0.717) is 11.4 Å². The lowest BCUT2D eigenvalue weighted by Crippen LogP contribution is -2.25. The van der Waals surface area contributed by atoms with Gasteiger partial charge >= 0.3 is 0 Å². The van der Waals surface area contributed by atoms with Crippen molar-refractivity contribution in [3.63, 3.8) is 0 Å². The molecule has 1 unspecified atom stereocenters. The molecule has 0 aliphatic heterocycles. The number of carbonyl (C=O) groups is 1. The summed E-state index contributed by atoms with van der Waals surface area (Å²) >= 11 is 3.46. The fourth-order valence-electron chi connectivity index (χ4n) is 1.61. The van der Waals surface area contributed by atoms with E-state index in [1.165, 1.54) is 5.56 Å². The number of alkyl halides is 1. The van der Waals surface area contributed by atoms with Crippen LogP contribution in [0.3, 0.4) is 0 Å². The van der Waals surface area contributed by atoms with Crippen LogP contribution in [0.5, 0.6) is 0 Å². The zero-order valence-corrected chi connectivity index (χ0v) is 13.2. The first kappa shape index (κ1) is 15.2. The summed E-state index contributed by atoms with van der Waals surface area (Å²) in [6, 6.07) is 7.85. The molecule has 0 aliphatic carbocycles. The first-order valence-corrected chi connectivity index (χ1v) is 7.25. The molecule has 0 radical (unpaired) electrons. The first-order chi connectivity index (χ1) is 8.30. The highest BCUT2D eigenvalue weighted by Crippen LogP contribution is 2.22. The number of hydrogen-bond acceptors (Lipinski definition) is 1. The predicted octanol–water partition coefficient (Wildman–Crippen LogP) is 3.89. The summed E-state index contributed by atoms with van der Waals surface area (Å²) < 4.78 is 0. The van der Waals surface area contributed by atoms with Crippen molar-refractivity contribution < 1.29 is 4.79 Å². The normalized spacial score (nSPS) is 13.2. The molecule has 1 atom stereocenters. The van der Waals surface area contributed by atoms with Gasteiger partial charge in [-0.2, -0.15) is 0 Å². The highest BCUT2D eigenvalue weighted by atomic mass is 79.9. The van der Waals surface area contributed by atoms with Crippen molar-refractivity contribution in [2.24, 2.45) is 0 Å². The summed E-state index contributed by atoms with van der Waals surface area (Å²) in [4.78, 5) is 12.3. The van der Waals surface area contributed by atoms with Gasteiger partial charge in [0.25, 0.3) is 5.91 Å². The van der Waals surface area contributed by atoms with E-state index in [1.807, 2.05) is 24.3 Å². The van der Waals surface area contributed by atoms with Crippen LogP contribution < -0.4 is 5.32 Å². The highest BCUT2D eigenvalue weighted by molar-refractivity contribution is 9.09. The summed E-state index contributed by atoms with van der Waals surface area (Å²) in [5.41, 5.74) is 2.10. The van der Waals surface area contributed by atoms with Gasteiger partial charge in [-0.1, -0.05) is 55.8 Å². The maximum absolute atomic E-state index is 11.9. The van der Waals surface area contributed by atoms with Gasteiger partial charge in [-0.15, -0.1) is 0 Å². The number of hydrogen-bond donors (Lipinski definition) is 1. The molecule has 100 valence electrons. The van der Waals surface area contributed by atoms with Gasteiger partial charge in [0.15, 0.2) is 0 Å². The minimum absolute atomic E-state index is 0.00334. The smallest absolute Gasteiger partial charge is 0.251 e. The molecule has 1 aromatic rings. The molecule has 0 fully saturated rings. The monoisotopic (exact) mass is 311 g/mol. The van der Waals surface area contributed by atoms with Crippen LogP contribution in [0.1, 0.15) is 50.0 Å². The second-order valence-electron chi connectivity index (χ2n) is 5.65. The fourth-order valence-corrected chi connectivity index (χ4v) is 1.84. The molecule has 0 aliphatic rings. The minimum Gasteiger partial charge on any atom is -0.352 e. The molecule has 0 saturated heterocycles. The lowest BCUT2D eigenvalue weighted by atomic mass is 9.87. The maximum atomic E-state index is 11.9. The average molecular weight is 312 g/mol. The van der Waals surface area contributed by atoms with Gasteiger partial charge in [0.1, 0.15) is 0 Å². The molecule has 2 nitrogen and oxygen atoms in total. The maximum Gasteiger partial charge on any atom is 0.251 e. The van der Waals surface area contributed by atoms with E-state index in [-0.39, 0.29) is 11.3 Å². The van der Waals surface area contributed by atoms with E-state index in [2.05, 4.69) is 48.9 Å². The predicted molar refractivity (Wildman–Crippen MR) is 80.5 cm³/mol. The molecular weight excluding hydrogens is 290 g/mol. The zero-order valence-electron chi connectivity index (χ0n) is 11.6. The number of nitrogens with one attached hydrogen (secondary N) is 1. The van der Waals surface area contributed by atoms with Crippen LogP contribution in [0.25, 0.3) is 0 Å². The molecule has 0 saturated carbocycles. The summed E-state index contributed by atoms with van der Waals surface area (Å²) in [6.45, 7) is 9.27. The van der Waals surface area contributed by atoms with E-state index in [1.54, 1.807) is 0 Å². The van der Waals surface area contributed by atoms with Crippen molar-refractivity contribution in [3.05, 3.63) is 35.4 Å². The Hall–Kier alpha value is -0.830. The summed E-state index contributed by atoms with van der Waals surface area (Å²) in [7, 11) is 0. The quantitative estimate of drug-likeness (QED) is 0.840. The molecule has 1 N–H and O–H groups in total. The highest BCUT2D eigenvalue weighted by Gasteiger charge is 2.14.